The number of benzene rings is 1. The highest BCUT2D eigenvalue weighted by atomic mass is 19.1. The molecule has 1 aromatic carbocycles. The van der Waals surface area contributed by atoms with Crippen molar-refractivity contribution in [2.75, 3.05) is 6.61 Å². The van der Waals surface area contributed by atoms with E-state index in [0.717, 1.165) is 0 Å². The second kappa shape index (κ2) is 5.05. The van der Waals surface area contributed by atoms with Gasteiger partial charge in [-0.05, 0) is 12.5 Å². The van der Waals surface area contributed by atoms with Gasteiger partial charge in [-0.25, -0.2) is 4.39 Å². The maximum absolute atomic E-state index is 13.2. The smallest absolute Gasteiger partial charge is 0.127 e. The van der Waals surface area contributed by atoms with Crippen LogP contribution in [0.3, 0.4) is 0 Å². The van der Waals surface area contributed by atoms with Crippen LogP contribution in [-0.4, -0.2) is 22.9 Å². The number of aliphatic hydroxyl groups excluding tert-OH is 2. The summed E-state index contributed by atoms with van der Waals surface area (Å²) in [4.78, 5) is 0. The van der Waals surface area contributed by atoms with Crippen molar-refractivity contribution in [3.63, 3.8) is 0 Å². The molecule has 0 aliphatic carbocycles. The molecule has 0 amide bonds. The Kier molecular flexibility index (Phi) is 4.00. The number of hydrogen-bond donors (Lipinski definition) is 3. The van der Waals surface area contributed by atoms with Crippen molar-refractivity contribution >= 4 is 0 Å². The van der Waals surface area contributed by atoms with Crippen LogP contribution in [0.1, 0.15) is 18.0 Å². The van der Waals surface area contributed by atoms with Gasteiger partial charge in [-0.3, -0.25) is 0 Å². The zero-order valence-electron chi connectivity index (χ0n) is 7.73. The van der Waals surface area contributed by atoms with Crippen LogP contribution in [0.5, 0.6) is 0 Å². The molecule has 1 rings (SSSR count). The SMILES string of the molecule is NC(C[C@@H](O)CO)c1ccccc1F. The summed E-state index contributed by atoms with van der Waals surface area (Å²) in [7, 11) is 0. The molecule has 2 atom stereocenters. The van der Waals surface area contributed by atoms with Gasteiger partial charge < -0.3 is 15.9 Å². The Labute approximate surface area is 82.0 Å². The summed E-state index contributed by atoms with van der Waals surface area (Å²) >= 11 is 0. The van der Waals surface area contributed by atoms with Gasteiger partial charge in [-0.2, -0.15) is 0 Å². The molecule has 0 radical (unpaired) electrons. The molecular weight excluding hydrogens is 185 g/mol. The van der Waals surface area contributed by atoms with Gasteiger partial charge in [-0.1, -0.05) is 18.2 Å². The quantitative estimate of drug-likeness (QED) is 0.664. The van der Waals surface area contributed by atoms with E-state index in [1.165, 1.54) is 6.07 Å². The van der Waals surface area contributed by atoms with Crippen molar-refractivity contribution in [3.8, 4) is 0 Å². The Morgan fingerprint density at radius 1 is 1.36 bits per heavy atom. The van der Waals surface area contributed by atoms with Crippen LogP contribution < -0.4 is 5.73 Å². The van der Waals surface area contributed by atoms with E-state index in [9.17, 15) is 4.39 Å². The molecule has 0 heterocycles. The maximum Gasteiger partial charge on any atom is 0.127 e. The Morgan fingerprint density at radius 2 is 2.00 bits per heavy atom. The summed E-state index contributed by atoms with van der Waals surface area (Å²) in [6, 6.07) is 5.57. The number of nitrogens with two attached hydrogens (primary N) is 1. The zero-order chi connectivity index (χ0) is 10.6. The average molecular weight is 199 g/mol. The largest absolute Gasteiger partial charge is 0.394 e. The lowest BCUT2D eigenvalue weighted by Crippen LogP contribution is -2.22. The minimum Gasteiger partial charge on any atom is -0.394 e. The molecule has 0 saturated heterocycles. The summed E-state index contributed by atoms with van der Waals surface area (Å²) < 4.78 is 13.2. The fraction of sp³-hybridized carbons (Fsp3) is 0.400. The first kappa shape index (κ1) is 11.1. The highest BCUT2D eigenvalue weighted by molar-refractivity contribution is 5.20. The van der Waals surface area contributed by atoms with E-state index in [1.807, 2.05) is 0 Å². The first-order valence-electron chi connectivity index (χ1n) is 4.44. The third-order valence-electron chi connectivity index (χ3n) is 2.04. The average Bonchev–Trinajstić information content (AvgIpc) is 2.18. The lowest BCUT2D eigenvalue weighted by molar-refractivity contribution is 0.0823. The van der Waals surface area contributed by atoms with Crippen LogP contribution in [0.25, 0.3) is 0 Å². The van der Waals surface area contributed by atoms with Gasteiger partial charge in [0.25, 0.3) is 0 Å². The lowest BCUT2D eigenvalue weighted by Gasteiger charge is -2.15. The molecule has 0 bridgehead atoms. The van der Waals surface area contributed by atoms with E-state index in [0.29, 0.717) is 5.56 Å². The first-order chi connectivity index (χ1) is 6.65. The molecule has 78 valence electrons. The van der Waals surface area contributed by atoms with Gasteiger partial charge in [-0.15, -0.1) is 0 Å². The molecule has 3 nitrogen and oxygen atoms in total. The fourth-order valence-electron chi connectivity index (χ4n) is 1.27. The van der Waals surface area contributed by atoms with Crippen LogP contribution in [-0.2, 0) is 0 Å². The van der Waals surface area contributed by atoms with Gasteiger partial charge >= 0.3 is 0 Å². The Morgan fingerprint density at radius 3 is 2.57 bits per heavy atom. The van der Waals surface area contributed by atoms with Gasteiger partial charge in [0.1, 0.15) is 5.82 Å². The van der Waals surface area contributed by atoms with E-state index < -0.39 is 12.1 Å². The molecule has 4 heteroatoms. The Hall–Kier alpha value is -0.970. The second-order valence-corrected chi connectivity index (χ2v) is 3.20. The van der Waals surface area contributed by atoms with Crippen LogP contribution in [0.2, 0.25) is 0 Å². The first-order valence-corrected chi connectivity index (χ1v) is 4.44. The zero-order valence-corrected chi connectivity index (χ0v) is 7.73. The summed E-state index contributed by atoms with van der Waals surface area (Å²) in [5, 5.41) is 17.7. The van der Waals surface area contributed by atoms with Crippen molar-refractivity contribution in [2.24, 2.45) is 5.73 Å². The van der Waals surface area contributed by atoms with Gasteiger partial charge in [0.15, 0.2) is 0 Å². The predicted molar refractivity (Wildman–Crippen MR) is 51.0 cm³/mol. The molecule has 0 aliphatic heterocycles. The topological polar surface area (TPSA) is 66.5 Å². The third kappa shape index (κ3) is 2.77. The number of rotatable bonds is 4. The van der Waals surface area contributed by atoms with Crippen molar-refractivity contribution in [1.82, 2.24) is 0 Å². The Bertz CT molecular complexity index is 293. The second-order valence-electron chi connectivity index (χ2n) is 3.20. The van der Waals surface area contributed by atoms with Gasteiger partial charge in [0.05, 0.1) is 12.7 Å². The fourth-order valence-corrected chi connectivity index (χ4v) is 1.27. The van der Waals surface area contributed by atoms with E-state index in [4.69, 9.17) is 15.9 Å². The third-order valence-corrected chi connectivity index (χ3v) is 2.04. The van der Waals surface area contributed by atoms with Crippen LogP contribution in [0, 0.1) is 5.82 Å². The summed E-state index contributed by atoms with van der Waals surface area (Å²) in [5.41, 5.74) is 6.02. The monoisotopic (exact) mass is 199 g/mol. The van der Waals surface area contributed by atoms with Crippen LogP contribution in [0.4, 0.5) is 4.39 Å². The number of aliphatic hydroxyl groups is 2. The van der Waals surface area contributed by atoms with Gasteiger partial charge in [0, 0.05) is 11.6 Å². The van der Waals surface area contributed by atoms with E-state index in [2.05, 4.69) is 0 Å². The summed E-state index contributed by atoms with van der Waals surface area (Å²) in [6.07, 6.45) is -0.748. The minimum absolute atomic E-state index is 0.150. The van der Waals surface area contributed by atoms with Crippen molar-refractivity contribution in [1.29, 1.82) is 0 Å². The lowest BCUT2D eigenvalue weighted by atomic mass is 10.0. The van der Waals surface area contributed by atoms with E-state index in [-0.39, 0.29) is 18.8 Å². The Balaban J connectivity index is 2.69. The van der Waals surface area contributed by atoms with Crippen LogP contribution in [0.15, 0.2) is 24.3 Å². The number of hydrogen-bond acceptors (Lipinski definition) is 3. The molecule has 0 aliphatic rings. The summed E-state index contributed by atoms with van der Waals surface area (Å²) in [6.45, 7) is -0.359. The molecule has 14 heavy (non-hydrogen) atoms. The molecule has 0 saturated carbocycles. The normalized spacial score (nSPS) is 15.1. The van der Waals surface area contributed by atoms with Crippen molar-refractivity contribution < 1.29 is 14.6 Å². The molecule has 1 unspecified atom stereocenters. The highest BCUT2D eigenvalue weighted by Crippen LogP contribution is 2.18. The van der Waals surface area contributed by atoms with Crippen LogP contribution >= 0.6 is 0 Å². The molecule has 0 spiro atoms. The number of halogens is 1. The minimum atomic E-state index is -0.899. The van der Waals surface area contributed by atoms with E-state index in [1.54, 1.807) is 18.2 Å². The highest BCUT2D eigenvalue weighted by Gasteiger charge is 2.14. The predicted octanol–water partition coefficient (Wildman–Crippen LogP) is 0.569. The van der Waals surface area contributed by atoms with Crippen molar-refractivity contribution in [2.45, 2.75) is 18.6 Å². The molecule has 0 aromatic heterocycles. The molecule has 1 aromatic rings. The van der Waals surface area contributed by atoms with Crippen molar-refractivity contribution in [3.05, 3.63) is 35.6 Å². The standard InChI is InChI=1S/C10H14FNO2/c11-9-4-2-1-3-8(9)10(12)5-7(14)6-13/h1-4,7,10,13-14H,5-6,12H2/t7-,10?/m1/s1. The maximum atomic E-state index is 13.2. The summed E-state index contributed by atoms with van der Waals surface area (Å²) in [5.74, 6) is -0.384. The molecular formula is C10H14FNO2. The van der Waals surface area contributed by atoms with Gasteiger partial charge in [0.2, 0.25) is 0 Å². The van der Waals surface area contributed by atoms with E-state index >= 15 is 0 Å². The molecule has 0 fully saturated rings. The molecule has 4 N–H and O–H groups in total.